The summed E-state index contributed by atoms with van der Waals surface area (Å²) < 4.78 is 27.1. The maximum atomic E-state index is 5.63. The maximum Gasteiger partial charge on any atom is 0.117 e. The van der Waals surface area contributed by atoms with Crippen LogP contribution < -0.4 is 5.32 Å². The average molecular weight is 322 g/mol. The molecule has 8 heteroatoms. The molecule has 0 aromatic carbocycles. The van der Waals surface area contributed by atoms with Crippen LogP contribution in [0.25, 0.3) is 0 Å². The first-order valence-corrected chi connectivity index (χ1v) is 7.21. The summed E-state index contributed by atoms with van der Waals surface area (Å²) in [5, 5.41) is 2.89. The van der Waals surface area contributed by atoms with Gasteiger partial charge in [0.05, 0.1) is 39.1 Å². The summed E-state index contributed by atoms with van der Waals surface area (Å²) in [4.78, 5) is 0. The van der Waals surface area contributed by atoms with Crippen molar-refractivity contribution in [3.63, 3.8) is 0 Å². The normalized spacial score (nSPS) is 24.3. The Kier molecular flexibility index (Phi) is 10.5. The molecule has 1 rings (SSSR count). The lowest BCUT2D eigenvalue weighted by molar-refractivity contribution is -0.0381. The van der Waals surface area contributed by atoms with E-state index in [2.05, 4.69) is 5.32 Å². The number of ether oxygens (including phenoxy) is 5. The molecule has 0 amide bonds. The van der Waals surface area contributed by atoms with Crippen LogP contribution in [0.4, 0.5) is 0 Å². The summed E-state index contributed by atoms with van der Waals surface area (Å²) in [5.74, 6) is 0. The van der Waals surface area contributed by atoms with Crippen molar-refractivity contribution in [1.29, 1.82) is 0 Å². The second kappa shape index (κ2) is 12.1. The molecule has 1 heterocycles. The minimum Gasteiger partial charge on any atom is -0.496 e. The summed E-state index contributed by atoms with van der Waals surface area (Å²) in [6.07, 6.45) is 2.85. The highest BCUT2D eigenvalue weighted by atomic mass is 32.1. The Hall–Kier alpha value is -0.670. The molecular formula is C12H20NO5S2-. The fourth-order valence-corrected chi connectivity index (χ4v) is 1.55. The van der Waals surface area contributed by atoms with Gasteiger partial charge in [0.1, 0.15) is 25.7 Å². The van der Waals surface area contributed by atoms with Crippen molar-refractivity contribution in [2.75, 3.05) is 52.8 Å². The first kappa shape index (κ1) is 17.4. The molecule has 1 aliphatic rings. The lowest BCUT2D eigenvalue weighted by Crippen LogP contribution is -2.35. The van der Waals surface area contributed by atoms with Crippen molar-refractivity contribution >= 4 is 29.2 Å². The van der Waals surface area contributed by atoms with E-state index in [4.69, 9.17) is 48.5 Å². The van der Waals surface area contributed by atoms with Crippen molar-refractivity contribution in [2.24, 2.45) is 0 Å². The topological polar surface area (TPSA) is 58.2 Å². The molecule has 0 saturated carbocycles. The van der Waals surface area contributed by atoms with Gasteiger partial charge in [-0.15, -0.1) is 0 Å². The van der Waals surface area contributed by atoms with Crippen molar-refractivity contribution < 1.29 is 23.7 Å². The third-order valence-corrected chi connectivity index (χ3v) is 2.59. The minimum absolute atomic E-state index is 0.134. The molecular weight excluding hydrogens is 302 g/mol. The van der Waals surface area contributed by atoms with Gasteiger partial charge in [0, 0.05) is 6.54 Å². The van der Waals surface area contributed by atoms with Crippen LogP contribution in [0.3, 0.4) is 0 Å². The van der Waals surface area contributed by atoms with Crippen LogP contribution >= 0.6 is 12.2 Å². The van der Waals surface area contributed by atoms with Crippen LogP contribution in [0, 0.1) is 0 Å². The molecule has 0 fully saturated rings. The van der Waals surface area contributed by atoms with Crippen molar-refractivity contribution in [2.45, 2.75) is 6.10 Å². The molecule has 20 heavy (non-hydrogen) atoms. The number of hydrogen-bond donors (Lipinski definition) is 1. The molecule has 0 aliphatic carbocycles. The smallest absolute Gasteiger partial charge is 0.117 e. The lowest BCUT2D eigenvalue weighted by atomic mass is 10.4. The Balaban J connectivity index is 2.31. The average Bonchev–Trinajstić information content (AvgIpc) is 2.44. The molecule has 0 aromatic rings. The number of rotatable bonds is 2. The first-order chi connectivity index (χ1) is 9.79. The number of thiocarbonyl (C=S) groups is 1. The fraction of sp³-hybridized carbons (Fsp3) is 0.750. The molecule has 116 valence electrons. The number of hydrogen-bond acceptors (Lipinski definition) is 7. The van der Waals surface area contributed by atoms with Gasteiger partial charge in [-0.05, 0) is 0 Å². The molecule has 1 aliphatic heterocycles. The summed E-state index contributed by atoms with van der Waals surface area (Å²) in [5.41, 5.74) is 0. The van der Waals surface area contributed by atoms with E-state index in [1.807, 2.05) is 0 Å². The van der Waals surface area contributed by atoms with Gasteiger partial charge in [0.2, 0.25) is 0 Å². The van der Waals surface area contributed by atoms with Gasteiger partial charge >= 0.3 is 0 Å². The van der Waals surface area contributed by atoms with E-state index in [0.29, 0.717) is 57.1 Å². The van der Waals surface area contributed by atoms with Crippen molar-refractivity contribution in [3.8, 4) is 0 Å². The third-order valence-electron chi connectivity index (χ3n) is 2.30. The zero-order chi connectivity index (χ0) is 14.5. The van der Waals surface area contributed by atoms with E-state index in [9.17, 15) is 0 Å². The molecule has 0 radical (unpaired) electrons. The Morgan fingerprint density at radius 1 is 1.05 bits per heavy atom. The summed E-state index contributed by atoms with van der Waals surface area (Å²) in [6.45, 7) is 3.86. The lowest BCUT2D eigenvalue weighted by Gasteiger charge is -2.20. The minimum atomic E-state index is -0.134. The Bertz CT molecular complexity index is 291. The van der Waals surface area contributed by atoms with Crippen LogP contribution in [0.2, 0.25) is 0 Å². The SMILES string of the molecule is S=C([S-])NCC1COCCOCCO/C=C\OCCO1. The van der Waals surface area contributed by atoms with Crippen molar-refractivity contribution in [3.05, 3.63) is 12.5 Å². The molecule has 0 spiro atoms. The van der Waals surface area contributed by atoms with Crippen LogP contribution in [0.15, 0.2) is 12.5 Å². The molecule has 1 N–H and O–H groups in total. The molecule has 0 saturated heterocycles. The van der Waals surface area contributed by atoms with Crippen LogP contribution in [-0.4, -0.2) is 63.2 Å². The van der Waals surface area contributed by atoms with E-state index < -0.39 is 0 Å². The van der Waals surface area contributed by atoms with Crippen LogP contribution in [-0.2, 0) is 36.3 Å². The second-order valence-electron chi connectivity index (χ2n) is 3.86. The van der Waals surface area contributed by atoms with Gasteiger partial charge in [-0.25, -0.2) is 0 Å². The summed E-state index contributed by atoms with van der Waals surface area (Å²) in [6, 6.07) is 0. The summed E-state index contributed by atoms with van der Waals surface area (Å²) >= 11 is 9.60. The van der Waals surface area contributed by atoms with E-state index in [0.717, 1.165) is 0 Å². The first-order valence-electron chi connectivity index (χ1n) is 6.39. The van der Waals surface area contributed by atoms with Crippen LogP contribution in [0.5, 0.6) is 0 Å². The molecule has 1 unspecified atom stereocenters. The van der Waals surface area contributed by atoms with Gasteiger partial charge < -0.3 is 53.8 Å². The molecule has 0 bridgehead atoms. The van der Waals surface area contributed by atoms with E-state index in [1.54, 1.807) is 0 Å². The van der Waals surface area contributed by atoms with Gasteiger partial charge in [-0.3, -0.25) is 0 Å². The Labute approximate surface area is 130 Å². The van der Waals surface area contributed by atoms with Crippen molar-refractivity contribution in [1.82, 2.24) is 5.32 Å². The predicted octanol–water partition coefficient (Wildman–Crippen LogP) is 0.344. The standard InChI is InChI=1S/C12H21NO5S2/c19-12(20)13-9-11-10-17-6-5-15-2-1-14-3-4-16-7-8-18-11/h3-4,11H,1-2,5-10H2,(H2,13,19,20)/p-1/b4-3-. The van der Waals surface area contributed by atoms with E-state index >= 15 is 0 Å². The summed E-state index contributed by atoms with van der Waals surface area (Å²) in [7, 11) is 0. The predicted molar refractivity (Wildman–Crippen MR) is 80.4 cm³/mol. The quantitative estimate of drug-likeness (QED) is 0.577. The fourth-order valence-electron chi connectivity index (χ4n) is 1.38. The maximum absolute atomic E-state index is 5.63. The van der Waals surface area contributed by atoms with Gasteiger partial charge in [-0.2, -0.15) is 0 Å². The molecule has 0 aromatic heterocycles. The monoisotopic (exact) mass is 322 g/mol. The molecule has 1 atom stereocenters. The third kappa shape index (κ3) is 10.2. The zero-order valence-corrected chi connectivity index (χ0v) is 12.9. The van der Waals surface area contributed by atoms with Crippen LogP contribution in [0.1, 0.15) is 0 Å². The second-order valence-corrected chi connectivity index (χ2v) is 4.94. The molecule has 6 nitrogen and oxygen atoms in total. The van der Waals surface area contributed by atoms with Gasteiger partial charge in [-0.1, -0.05) is 4.32 Å². The Morgan fingerprint density at radius 2 is 1.70 bits per heavy atom. The highest BCUT2D eigenvalue weighted by Gasteiger charge is 2.09. The van der Waals surface area contributed by atoms with Gasteiger partial charge in [0.15, 0.2) is 0 Å². The number of nitrogens with one attached hydrogen (secondary N) is 1. The Morgan fingerprint density at radius 3 is 2.45 bits per heavy atom. The van der Waals surface area contributed by atoms with Gasteiger partial charge in [0.25, 0.3) is 0 Å². The van der Waals surface area contributed by atoms with E-state index in [-0.39, 0.29) is 6.10 Å². The highest BCUT2D eigenvalue weighted by Crippen LogP contribution is 1.95. The zero-order valence-electron chi connectivity index (χ0n) is 11.2. The van der Waals surface area contributed by atoms with E-state index in [1.165, 1.54) is 12.5 Å². The highest BCUT2D eigenvalue weighted by molar-refractivity contribution is 8.00. The largest absolute Gasteiger partial charge is 0.496 e.